The monoisotopic (exact) mass is 873 g/mol. The minimum absolute atomic E-state index is 0.0873. The predicted molar refractivity (Wildman–Crippen MR) is 236 cm³/mol. The summed E-state index contributed by atoms with van der Waals surface area (Å²) < 4.78 is 44.2. The molecule has 3 aromatic carbocycles. The molecule has 3 N–H and O–H groups in total. The minimum Gasteiger partial charge on any atom is -0.381 e. The van der Waals surface area contributed by atoms with E-state index in [2.05, 4.69) is 49.5 Å². The van der Waals surface area contributed by atoms with Gasteiger partial charge in [0.15, 0.2) is 11.6 Å². The third-order valence-corrected chi connectivity index (χ3v) is 13.5. The quantitative estimate of drug-likeness (QED) is 0.149. The summed E-state index contributed by atoms with van der Waals surface area (Å²) in [5, 5.41) is 9.69. The highest BCUT2D eigenvalue weighted by Crippen LogP contribution is 2.56. The van der Waals surface area contributed by atoms with E-state index >= 15 is 0 Å². The van der Waals surface area contributed by atoms with Gasteiger partial charge in [0.05, 0.1) is 22.6 Å². The number of anilines is 1. The Morgan fingerprint density at radius 3 is 2.32 bits per heavy atom. The summed E-state index contributed by atoms with van der Waals surface area (Å²) in [5.74, 6) is 1.97. The standard InChI is InChI=1S/C40H40FN7O4S.C6H8N2O2/c1-24-20-31(21-25(2)36(24)41)48-37(46-17-16-45(39(46)50)30-7-5-29(6-8-30)44-53(3)51)35-33(43-48)10-15-47(40(35)13-14-40)38(49)34-23-28-22-27(4-9-32(28)42-34)26-11-18-52-19-12-26;1-3-2-4(3)5-7-6(9)10-8-5/h4-9,16-17,20-23,26,42,44H,10-15,18-19H2,1-3H3;3-4H,2H2,1H3,(H,7,8,9). The highest BCUT2D eigenvalue weighted by atomic mass is 32.2. The average molecular weight is 874 g/mol. The van der Waals surface area contributed by atoms with Crippen LogP contribution in [0.4, 0.5) is 10.1 Å². The number of ether oxygens (including phenoxy) is 1. The van der Waals surface area contributed by atoms with Gasteiger partial charge in [-0.2, -0.15) is 5.10 Å². The van der Waals surface area contributed by atoms with Crippen LogP contribution in [0.25, 0.3) is 28.1 Å². The third kappa shape index (κ3) is 7.45. The third-order valence-electron chi connectivity index (χ3n) is 13.0. The zero-order valence-corrected chi connectivity index (χ0v) is 36.3. The number of aromatic amines is 2. The van der Waals surface area contributed by atoms with Crippen LogP contribution in [-0.4, -0.2) is 75.1 Å². The fourth-order valence-electron chi connectivity index (χ4n) is 9.45. The van der Waals surface area contributed by atoms with Crippen molar-refractivity contribution in [3.8, 4) is 17.2 Å². The molecule has 0 bridgehead atoms. The molecule has 4 aliphatic rings. The first-order chi connectivity index (χ1) is 30.4. The molecular weight excluding hydrogens is 826 g/mol. The van der Waals surface area contributed by atoms with Crippen molar-refractivity contribution in [3.63, 3.8) is 0 Å². The van der Waals surface area contributed by atoms with Gasteiger partial charge < -0.3 is 19.3 Å². The van der Waals surface area contributed by atoms with Crippen LogP contribution in [0.1, 0.15) is 95.1 Å². The summed E-state index contributed by atoms with van der Waals surface area (Å²) in [6.07, 6.45) is 10.0. The zero-order chi connectivity index (χ0) is 43.7. The maximum atomic E-state index is 14.9. The van der Waals surface area contributed by atoms with E-state index in [0.717, 1.165) is 67.5 Å². The van der Waals surface area contributed by atoms with Crippen LogP contribution in [0, 0.1) is 25.6 Å². The molecule has 1 saturated heterocycles. The molecule has 1 spiro atoms. The fraction of sp³-hybridized carbons (Fsp3) is 0.370. The van der Waals surface area contributed by atoms with Crippen molar-refractivity contribution in [3.05, 3.63) is 139 Å². The lowest BCUT2D eigenvalue weighted by molar-refractivity contribution is 0.0620. The average Bonchev–Trinajstić information content (AvgIpc) is 3.90. The number of benzene rings is 3. The number of fused-ring (bicyclic) bond motifs is 3. The largest absolute Gasteiger partial charge is 0.438 e. The van der Waals surface area contributed by atoms with Crippen molar-refractivity contribution in [1.29, 1.82) is 0 Å². The maximum Gasteiger partial charge on any atom is 0.438 e. The van der Waals surface area contributed by atoms with E-state index in [1.54, 1.807) is 82.7 Å². The molecule has 63 heavy (non-hydrogen) atoms. The zero-order valence-electron chi connectivity index (χ0n) is 35.4. The molecule has 17 heteroatoms. The van der Waals surface area contributed by atoms with Gasteiger partial charge in [0.1, 0.15) is 22.5 Å². The number of hydrogen-bond donors (Lipinski definition) is 3. The Morgan fingerprint density at radius 2 is 1.67 bits per heavy atom. The topological polar surface area (TPSA) is 178 Å². The molecule has 1 amide bonds. The van der Waals surface area contributed by atoms with Crippen molar-refractivity contribution in [2.24, 2.45) is 5.92 Å². The molecular formula is C46H48FN9O6S. The number of imidazole rings is 1. The summed E-state index contributed by atoms with van der Waals surface area (Å²) in [6.45, 7) is 7.58. The molecule has 2 saturated carbocycles. The molecule has 3 unspecified atom stereocenters. The second-order valence-corrected chi connectivity index (χ2v) is 18.4. The van der Waals surface area contributed by atoms with Gasteiger partial charge in [-0.3, -0.25) is 23.4 Å². The van der Waals surface area contributed by atoms with Crippen molar-refractivity contribution in [2.75, 3.05) is 30.7 Å². The number of aromatic nitrogens is 7. The van der Waals surface area contributed by atoms with E-state index in [4.69, 9.17) is 9.84 Å². The van der Waals surface area contributed by atoms with Crippen LogP contribution in [0.2, 0.25) is 0 Å². The van der Waals surface area contributed by atoms with Crippen LogP contribution < -0.4 is 16.2 Å². The molecule has 2 aliphatic carbocycles. The number of nitrogens with one attached hydrogen (secondary N) is 3. The predicted octanol–water partition coefficient (Wildman–Crippen LogP) is 6.82. The van der Waals surface area contributed by atoms with Gasteiger partial charge >= 0.3 is 11.4 Å². The van der Waals surface area contributed by atoms with Crippen molar-refractivity contribution >= 4 is 33.5 Å². The Bertz CT molecular complexity index is 3020. The van der Waals surface area contributed by atoms with E-state index in [9.17, 15) is 23.0 Å². The molecule has 11 rings (SSSR count). The molecule has 3 atom stereocenters. The SMILES string of the molecule is CC1CC1c1noc(=O)[nH]1.Cc1cc(-n2nc3c(c2-n2ccn(-c4ccc(NS(C)=O)cc4)c2=O)C2(CC2)N(C(=O)c2cc4cc(C5CCOCC5)ccc4[nH]2)CC3)cc(C)c1F. The van der Waals surface area contributed by atoms with Gasteiger partial charge in [0.2, 0.25) is 0 Å². The molecule has 3 fully saturated rings. The van der Waals surface area contributed by atoms with Gasteiger partial charge in [0, 0.05) is 72.9 Å². The number of carbonyl (C=O) groups is 1. The first-order valence-corrected chi connectivity index (χ1v) is 22.9. The van der Waals surface area contributed by atoms with E-state index in [-0.39, 0.29) is 17.4 Å². The first-order valence-electron chi connectivity index (χ1n) is 21.4. The van der Waals surface area contributed by atoms with Crippen molar-refractivity contribution in [2.45, 2.75) is 76.7 Å². The maximum absolute atomic E-state index is 14.9. The number of rotatable bonds is 8. The highest BCUT2D eigenvalue weighted by molar-refractivity contribution is 7.85. The van der Waals surface area contributed by atoms with E-state index in [0.29, 0.717) is 76.2 Å². The van der Waals surface area contributed by atoms with Crippen LogP contribution in [0.15, 0.2) is 87.2 Å². The van der Waals surface area contributed by atoms with Gasteiger partial charge in [-0.1, -0.05) is 18.1 Å². The lowest BCUT2D eigenvalue weighted by Crippen LogP contribution is -2.46. The molecule has 6 heterocycles. The molecule has 326 valence electrons. The number of amides is 1. The van der Waals surface area contributed by atoms with E-state index in [1.165, 1.54) is 5.56 Å². The summed E-state index contributed by atoms with van der Waals surface area (Å²) in [7, 11) is -1.23. The van der Waals surface area contributed by atoms with Crippen molar-refractivity contribution < 1.29 is 22.7 Å². The normalized spacial score (nSPS) is 19.4. The lowest BCUT2D eigenvalue weighted by Gasteiger charge is -2.36. The van der Waals surface area contributed by atoms with Gasteiger partial charge in [-0.05, 0) is 129 Å². The number of aryl methyl sites for hydroxylation is 2. The van der Waals surface area contributed by atoms with Gasteiger partial charge in [0.25, 0.3) is 5.91 Å². The molecule has 7 aromatic rings. The summed E-state index contributed by atoms with van der Waals surface area (Å²) >= 11 is 0. The van der Waals surface area contributed by atoms with Crippen LogP contribution >= 0.6 is 0 Å². The Balaban J connectivity index is 0.000000413. The van der Waals surface area contributed by atoms with E-state index in [1.807, 2.05) is 11.0 Å². The summed E-state index contributed by atoms with van der Waals surface area (Å²) in [6, 6.07) is 19.0. The number of nitrogens with zero attached hydrogens (tertiary/aromatic N) is 6. The van der Waals surface area contributed by atoms with Gasteiger partial charge in [-0.25, -0.2) is 22.9 Å². The molecule has 0 radical (unpaired) electrons. The summed E-state index contributed by atoms with van der Waals surface area (Å²) in [5.41, 5.74) is 6.30. The number of H-pyrrole nitrogens is 2. The Kier molecular flexibility index (Phi) is 10.2. The number of halogens is 1. The van der Waals surface area contributed by atoms with Crippen LogP contribution in [0.5, 0.6) is 0 Å². The second-order valence-electron chi connectivity index (χ2n) is 17.3. The second kappa shape index (κ2) is 15.8. The minimum atomic E-state index is -1.23. The first kappa shape index (κ1) is 40.7. The highest BCUT2D eigenvalue weighted by Gasteiger charge is 2.58. The Morgan fingerprint density at radius 1 is 0.952 bits per heavy atom. The molecule has 15 nitrogen and oxygen atoms in total. The number of hydrogen-bond acceptors (Lipinski definition) is 8. The van der Waals surface area contributed by atoms with Crippen LogP contribution in [-0.2, 0) is 27.7 Å². The Labute approximate surface area is 363 Å². The van der Waals surface area contributed by atoms with E-state index < -0.39 is 22.3 Å². The number of carbonyl (C=O) groups excluding carboxylic acids is 1. The molecule has 2 aliphatic heterocycles. The van der Waals surface area contributed by atoms with Crippen molar-refractivity contribution in [1.82, 2.24) is 38.9 Å². The molecule has 4 aromatic heterocycles. The lowest BCUT2D eigenvalue weighted by atomic mass is 9.91. The van der Waals surface area contributed by atoms with Crippen LogP contribution in [0.3, 0.4) is 0 Å². The fourth-order valence-corrected chi connectivity index (χ4v) is 9.91. The van der Waals surface area contributed by atoms with Gasteiger partial charge in [-0.15, -0.1) is 0 Å². The Hall–Kier alpha value is -6.33. The smallest absolute Gasteiger partial charge is 0.381 e. The summed E-state index contributed by atoms with van der Waals surface area (Å²) in [4.78, 5) is 47.2.